The molecule has 1 N–H and O–H groups in total. The van der Waals surface area contributed by atoms with Crippen molar-refractivity contribution in [2.24, 2.45) is 0 Å². The van der Waals surface area contributed by atoms with Crippen molar-refractivity contribution in [3.63, 3.8) is 0 Å². The van der Waals surface area contributed by atoms with E-state index in [4.69, 9.17) is 9.84 Å². The lowest BCUT2D eigenvalue weighted by molar-refractivity contribution is -0.136. The molecular formula is C17H21NO3S. The summed E-state index contributed by atoms with van der Waals surface area (Å²) in [6, 6.07) is 6.12. The van der Waals surface area contributed by atoms with Crippen LogP contribution >= 0.6 is 11.3 Å². The first-order chi connectivity index (χ1) is 10.3. The molecule has 0 fully saturated rings. The van der Waals surface area contributed by atoms with E-state index in [1.54, 1.807) is 0 Å². The molecule has 1 aromatic heterocycles. The highest BCUT2D eigenvalue weighted by atomic mass is 32.1. The Morgan fingerprint density at radius 2 is 2.09 bits per heavy atom. The van der Waals surface area contributed by atoms with Gasteiger partial charge in [-0.3, -0.25) is 4.79 Å². The van der Waals surface area contributed by atoms with Crippen LogP contribution in [-0.2, 0) is 16.6 Å². The molecule has 0 unspecified atom stereocenters. The lowest BCUT2D eigenvalue weighted by Crippen LogP contribution is -2.11. The summed E-state index contributed by atoms with van der Waals surface area (Å²) in [5.41, 5.74) is 2.91. The molecule has 2 aromatic rings. The number of carboxylic acid groups (broad SMARTS) is 1. The van der Waals surface area contributed by atoms with Gasteiger partial charge in [0.25, 0.3) is 0 Å². The van der Waals surface area contributed by atoms with Crippen LogP contribution in [0.25, 0.3) is 11.3 Å². The summed E-state index contributed by atoms with van der Waals surface area (Å²) in [5, 5.41) is 11.4. The quantitative estimate of drug-likeness (QED) is 0.900. The van der Waals surface area contributed by atoms with E-state index in [0.29, 0.717) is 11.6 Å². The number of benzene rings is 1. The number of thiazole rings is 1. The van der Waals surface area contributed by atoms with E-state index in [9.17, 15) is 4.79 Å². The van der Waals surface area contributed by atoms with E-state index >= 15 is 0 Å². The van der Waals surface area contributed by atoms with Gasteiger partial charge in [0.2, 0.25) is 0 Å². The summed E-state index contributed by atoms with van der Waals surface area (Å²) in [7, 11) is 0. The fourth-order valence-electron chi connectivity index (χ4n) is 2.12. The average molecular weight is 319 g/mol. The smallest absolute Gasteiger partial charge is 0.310 e. The van der Waals surface area contributed by atoms with Crippen LogP contribution in [0.3, 0.4) is 0 Å². The summed E-state index contributed by atoms with van der Waals surface area (Å²) in [6.07, 6.45) is -0.0480. The molecule has 1 aromatic carbocycles. The van der Waals surface area contributed by atoms with Crippen LogP contribution in [0.2, 0.25) is 0 Å². The molecule has 0 saturated carbocycles. The van der Waals surface area contributed by atoms with Crippen LogP contribution < -0.4 is 4.74 Å². The molecule has 0 bridgehead atoms. The zero-order valence-electron chi connectivity index (χ0n) is 13.3. The molecule has 0 saturated heterocycles. The Morgan fingerprint density at radius 1 is 1.36 bits per heavy atom. The van der Waals surface area contributed by atoms with Crippen molar-refractivity contribution < 1.29 is 14.6 Å². The van der Waals surface area contributed by atoms with E-state index in [1.807, 2.05) is 18.4 Å². The van der Waals surface area contributed by atoms with Gasteiger partial charge in [-0.15, -0.1) is 11.3 Å². The monoisotopic (exact) mass is 319 g/mol. The normalized spacial score (nSPS) is 11.5. The Kier molecular flexibility index (Phi) is 4.86. The van der Waals surface area contributed by atoms with Gasteiger partial charge in [0.15, 0.2) is 0 Å². The zero-order chi connectivity index (χ0) is 16.3. The first kappa shape index (κ1) is 16.5. The van der Waals surface area contributed by atoms with E-state index in [1.165, 1.54) is 16.9 Å². The molecule has 0 spiro atoms. The van der Waals surface area contributed by atoms with Crippen molar-refractivity contribution in [1.82, 2.24) is 4.98 Å². The maximum Gasteiger partial charge on any atom is 0.310 e. The van der Waals surface area contributed by atoms with Gasteiger partial charge in [-0.2, -0.15) is 0 Å². The van der Waals surface area contributed by atoms with Gasteiger partial charge in [0, 0.05) is 10.9 Å². The largest absolute Gasteiger partial charge is 0.493 e. The summed E-state index contributed by atoms with van der Waals surface area (Å²) >= 11 is 1.37. The van der Waals surface area contributed by atoms with E-state index in [2.05, 4.69) is 37.9 Å². The van der Waals surface area contributed by atoms with Crippen LogP contribution in [0.15, 0.2) is 23.6 Å². The molecule has 0 amide bonds. The number of hydrogen-bond donors (Lipinski definition) is 1. The Balaban J connectivity index is 2.46. The average Bonchev–Trinajstić information content (AvgIpc) is 2.85. The highest BCUT2D eigenvalue weighted by Crippen LogP contribution is 2.35. The molecule has 118 valence electrons. The summed E-state index contributed by atoms with van der Waals surface area (Å²) in [6.45, 7) is 8.99. The fourth-order valence-corrected chi connectivity index (χ4v) is 2.91. The molecule has 1 heterocycles. The Hall–Kier alpha value is -1.88. The lowest BCUT2D eigenvalue weighted by atomic mass is 9.86. The first-order valence-electron chi connectivity index (χ1n) is 7.25. The van der Waals surface area contributed by atoms with Crippen molar-refractivity contribution in [1.29, 1.82) is 0 Å². The third-order valence-corrected chi connectivity index (χ3v) is 4.12. The van der Waals surface area contributed by atoms with Gasteiger partial charge in [-0.05, 0) is 30.0 Å². The number of carboxylic acids is 1. The standard InChI is InChI=1S/C17H21NO3S/c1-5-21-14-7-6-11(17(2,3)4)8-12(14)13-10-22-15(18-13)9-16(19)20/h6-8,10H,5,9H2,1-4H3,(H,19,20). The van der Waals surface area contributed by atoms with Crippen LogP contribution in [0.1, 0.15) is 38.3 Å². The molecule has 0 aliphatic heterocycles. The minimum absolute atomic E-state index is 0.0272. The number of rotatable bonds is 5. The van der Waals surface area contributed by atoms with Crippen molar-refractivity contribution in [2.75, 3.05) is 6.61 Å². The summed E-state index contributed by atoms with van der Waals surface area (Å²) in [4.78, 5) is 15.3. The molecule has 0 aliphatic carbocycles. The maximum atomic E-state index is 10.8. The minimum atomic E-state index is -0.866. The maximum absolute atomic E-state index is 10.8. The van der Waals surface area contributed by atoms with Gasteiger partial charge in [0.1, 0.15) is 10.8 Å². The number of hydrogen-bond acceptors (Lipinski definition) is 4. The third kappa shape index (κ3) is 3.85. The number of carbonyl (C=O) groups is 1. The molecule has 0 atom stereocenters. The molecular weight excluding hydrogens is 298 g/mol. The number of aromatic nitrogens is 1. The second kappa shape index (κ2) is 6.48. The lowest BCUT2D eigenvalue weighted by Gasteiger charge is -2.21. The number of aliphatic carboxylic acids is 1. The van der Waals surface area contributed by atoms with Crippen molar-refractivity contribution >= 4 is 17.3 Å². The van der Waals surface area contributed by atoms with Gasteiger partial charge in [-0.1, -0.05) is 26.8 Å². The predicted molar refractivity (Wildman–Crippen MR) is 88.8 cm³/mol. The highest BCUT2D eigenvalue weighted by Gasteiger charge is 2.18. The van der Waals surface area contributed by atoms with Gasteiger partial charge in [0.05, 0.1) is 18.7 Å². The van der Waals surface area contributed by atoms with Crippen LogP contribution in [0, 0.1) is 0 Å². The van der Waals surface area contributed by atoms with Crippen molar-refractivity contribution in [3.8, 4) is 17.0 Å². The molecule has 22 heavy (non-hydrogen) atoms. The predicted octanol–water partition coefficient (Wildman–Crippen LogP) is 4.13. The molecule has 0 radical (unpaired) electrons. The Morgan fingerprint density at radius 3 is 2.68 bits per heavy atom. The number of ether oxygens (including phenoxy) is 1. The fraction of sp³-hybridized carbons (Fsp3) is 0.412. The molecule has 0 aliphatic rings. The topological polar surface area (TPSA) is 59.4 Å². The molecule has 5 heteroatoms. The summed E-state index contributed by atoms with van der Waals surface area (Å²) in [5.74, 6) is -0.0861. The van der Waals surface area contributed by atoms with Gasteiger partial charge in [-0.25, -0.2) is 4.98 Å². The van der Waals surface area contributed by atoms with Gasteiger partial charge >= 0.3 is 5.97 Å². The van der Waals surface area contributed by atoms with E-state index in [-0.39, 0.29) is 11.8 Å². The second-order valence-electron chi connectivity index (χ2n) is 6.09. The molecule has 4 nitrogen and oxygen atoms in total. The van der Waals surface area contributed by atoms with Crippen LogP contribution in [0.5, 0.6) is 5.75 Å². The van der Waals surface area contributed by atoms with E-state index < -0.39 is 5.97 Å². The second-order valence-corrected chi connectivity index (χ2v) is 7.03. The van der Waals surface area contributed by atoms with Crippen molar-refractivity contribution in [2.45, 2.75) is 39.5 Å². The Labute approximate surface area is 134 Å². The summed E-state index contributed by atoms with van der Waals surface area (Å²) < 4.78 is 5.70. The third-order valence-electron chi connectivity index (χ3n) is 3.28. The van der Waals surface area contributed by atoms with Crippen LogP contribution in [0.4, 0.5) is 0 Å². The first-order valence-corrected chi connectivity index (χ1v) is 8.13. The highest BCUT2D eigenvalue weighted by molar-refractivity contribution is 7.10. The van der Waals surface area contributed by atoms with Crippen molar-refractivity contribution in [3.05, 3.63) is 34.2 Å². The Bertz CT molecular complexity index is 671. The number of nitrogens with zero attached hydrogens (tertiary/aromatic N) is 1. The zero-order valence-corrected chi connectivity index (χ0v) is 14.2. The van der Waals surface area contributed by atoms with Crippen LogP contribution in [-0.4, -0.2) is 22.7 Å². The SMILES string of the molecule is CCOc1ccc(C(C)(C)C)cc1-c1csc(CC(=O)O)n1. The minimum Gasteiger partial charge on any atom is -0.493 e. The molecule has 2 rings (SSSR count). The van der Waals surface area contributed by atoms with Gasteiger partial charge < -0.3 is 9.84 Å². The van der Waals surface area contributed by atoms with E-state index in [0.717, 1.165) is 17.0 Å².